The summed E-state index contributed by atoms with van der Waals surface area (Å²) < 4.78 is 0. The van der Waals surface area contributed by atoms with Gasteiger partial charge in [-0.15, -0.1) is 0 Å². The van der Waals surface area contributed by atoms with Gasteiger partial charge in [0.05, 0.1) is 0 Å². The summed E-state index contributed by atoms with van der Waals surface area (Å²) in [5.74, 6) is 0.969. The average molecular weight is 252 g/mol. The molecule has 18 heavy (non-hydrogen) atoms. The lowest BCUT2D eigenvalue weighted by molar-refractivity contribution is 0.110. The number of rotatable bonds is 2. The van der Waals surface area contributed by atoms with Gasteiger partial charge in [0, 0.05) is 18.1 Å². The van der Waals surface area contributed by atoms with Crippen LogP contribution >= 0.6 is 0 Å². The predicted octanol–water partition coefficient (Wildman–Crippen LogP) is 3.42. The fraction of sp³-hybridized carbons (Fsp3) is 1.00. The molecule has 0 aromatic rings. The molecule has 3 atom stereocenters. The molecule has 2 fully saturated rings. The van der Waals surface area contributed by atoms with Crippen LogP contribution in [0.3, 0.4) is 0 Å². The molecule has 2 rings (SSSR count). The van der Waals surface area contributed by atoms with Crippen molar-refractivity contribution in [3.63, 3.8) is 0 Å². The smallest absolute Gasteiger partial charge is 0.00952 e. The van der Waals surface area contributed by atoms with Crippen molar-refractivity contribution in [3.8, 4) is 0 Å². The van der Waals surface area contributed by atoms with Crippen LogP contribution in [0.1, 0.15) is 65.7 Å². The molecular weight excluding hydrogens is 220 g/mol. The first-order valence-electron chi connectivity index (χ1n) is 8.17. The zero-order chi connectivity index (χ0) is 13.0. The highest BCUT2D eigenvalue weighted by atomic mass is 15.2. The molecule has 0 aromatic carbocycles. The van der Waals surface area contributed by atoms with Crippen LogP contribution in [0.15, 0.2) is 0 Å². The van der Waals surface area contributed by atoms with E-state index in [0.717, 1.165) is 12.0 Å². The van der Waals surface area contributed by atoms with Crippen molar-refractivity contribution >= 4 is 0 Å². The quantitative estimate of drug-likeness (QED) is 0.810. The minimum Gasteiger partial charge on any atom is -0.312 e. The first-order chi connectivity index (χ1) is 8.66. The lowest BCUT2D eigenvalue weighted by Crippen LogP contribution is -2.47. The Morgan fingerprint density at radius 1 is 0.889 bits per heavy atom. The van der Waals surface area contributed by atoms with Crippen LogP contribution < -0.4 is 5.32 Å². The van der Waals surface area contributed by atoms with E-state index in [2.05, 4.69) is 31.0 Å². The number of nitrogens with zero attached hydrogens (tertiary/aromatic N) is 1. The Morgan fingerprint density at radius 3 is 2.00 bits per heavy atom. The molecule has 0 amide bonds. The van der Waals surface area contributed by atoms with Gasteiger partial charge in [-0.25, -0.2) is 0 Å². The number of hydrogen-bond acceptors (Lipinski definition) is 2. The van der Waals surface area contributed by atoms with Gasteiger partial charge < -0.3 is 10.2 Å². The maximum atomic E-state index is 3.69. The van der Waals surface area contributed by atoms with E-state index in [1.165, 1.54) is 58.0 Å². The molecule has 0 radical (unpaired) electrons. The van der Waals surface area contributed by atoms with Gasteiger partial charge in [-0.2, -0.15) is 0 Å². The van der Waals surface area contributed by atoms with E-state index in [0.29, 0.717) is 12.1 Å². The molecule has 0 spiro atoms. The summed E-state index contributed by atoms with van der Waals surface area (Å²) >= 11 is 0. The van der Waals surface area contributed by atoms with Gasteiger partial charge >= 0.3 is 0 Å². The van der Waals surface area contributed by atoms with E-state index in [1.807, 2.05) is 0 Å². The molecule has 0 bridgehead atoms. The Morgan fingerprint density at radius 2 is 1.44 bits per heavy atom. The first-order valence-corrected chi connectivity index (χ1v) is 8.17. The molecule has 2 aliphatic rings. The van der Waals surface area contributed by atoms with E-state index >= 15 is 0 Å². The minimum atomic E-state index is 0.682. The van der Waals surface area contributed by atoms with Gasteiger partial charge in [0.1, 0.15) is 0 Å². The normalized spacial score (nSPS) is 34.8. The Labute approximate surface area is 114 Å². The predicted molar refractivity (Wildman–Crippen MR) is 78.9 cm³/mol. The van der Waals surface area contributed by atoms with Crippen LogP contribution in [-0.2, 0) is 0 Å². The Bertz CT molecular complexity index is 223. The Balaban J connectivity index is 1.88. The number of nitrogens with one attached hydrogen (secondary N) is 1. The highest BCUT2D eigenvalue weighted by molar-refractivity contribution is 4.82. The summed E-state index contributed by atoms with van der Waals surface area (Å²) in [4.78, 5) is 2.78. The van der Waals surface area contributed by atoms with Crippen LogP contribution in [0.2, 0.25) is 0 Å². The van der Waals surface area contributed by atoms with Crippen LogP contribution in [0, 0.1) is 5.92 Å². The van der Waals surface area contributed by atoms with Crippen molar-refractivity contribution < 1.29 is 0 Å². The Kier molecular flexibility index (Phi) is 5.50. The maximum absolute atomic E-state index is 3.69. The zero-order valence-electron chi connectivity index (χ0n) is 12.6. The summed E-state index contributed by atoms with van der Waals surface area (Å²) in [5.41, 5.74) is 0. The fourth-order valence-corrected chi connectivity index (χ4v) is 3.81. The van der Waals surface area contributed by atoms with Crippen LogP contribution in [-0.4, -0.2) is 36.1 Å². The monoisotopic (exact) mass is 252 g/mol. The SMILES string of the molecule is CC1CCN(C(C)C2CCCCC2)CCC(C)N1. The van der Waals surface area contributed by atoms with E-state index in [4.69, 9.17) is 0 Å². The summed E-state index contributed by atoms with van der Waals surface area (Å²) in [6, 6.07) is 2.17. The third kappa shape index (κ3) is 3.96. The molecule has 2 nitrogen and oxygen atoms in total. The highest BCUT2D eigenvalue weighted by Gasteiger charge is 2.26. The van der Waals surface area contributed by atoms with E-state index in [1.54, 1.807) is 0 Å². The molecule has 1 N–H and O–H groups in total. The molecule has 0 aromatic heterocycles. The molecular formula is C16H32N2. The van der Waals surface area contributed by atoms with E-state index < -0.39 is 0 Å². The first kappa shape index (κ1) is 14.3. The standard InChI is InChI=1S/C16H32N2/c1-13-9-11-18(12-10-14(2)17-13)15(3)16-7-5-4-6-8-16/h13-17H,4-12H2,1-3H3. The molecule has 1 saturated heterocycles. The second-order valence-electron chi connectivity index (χ2n) is 6.72. The molecule has 1 aliphatic carbocycles. The highest BCUT2D eigenvalue weighted by Crippen LogP contribution is 2.29. The fourth-order valence-electron chi connectivity index (χ4n) is 3.81. The topological polar surface area (TPSA) is 15.3 Å². The van der Waals surface area contributed by atoms with Gasteiger partial charge in [0.25, 0.3) is 0 Å². The van der Waals surface area contributed by atoms with Gasteiger partial charge in [-0.05, 0) is 65.5 Å². The third-order valence-electron chi connectivity index (χ3n) is 5.18. The van der Waals surface area contributed by atoms with Gasteiger partial charge in [0.2, 0.25) is 0 Å². The van der Waals surface area contributed by atoms with Crippen molar-refractivity contribution in [3.05, 3.63) is 0 Å². The summed E-state index contributed by atoms with van der Waals surface area (Å²) in [5, 5.41) is 3.69. The third-order valence-corrected chi connectivity index (χ3v) is 5.18. The van der Waals surface area contributed by atoms with Gasteiger partial charge in [0.15, 0.2) is 0 Å². The van der Waals surface area contributed by atoms with Gasteiger partial charge in [-0.3, -0.25) is 0 Å². The second-order valence-corrected chi connectivity index (χ2v) is 6.72. The summed E-state index contributed by atoms with van der Waals surface area (Å²) in [6.07, 6.45) is 9.97. The molecule has 3 unspecified atom stereocenters. The van der Waals surface area contributed by atoms with Gasteiger partial charge in [-0.1, -0.05) is 19.3 Å². The number of hydrogen-bond donors (Lipinski definition) is 1. The molecule has 1 aliphatic heterocycles. The molecule has 106 valence electrons. The zero-order valence-corrected chi connectivity index (χ0v) is 12.6. The van der Waals surface area contributed by atoms with Crippen molar-refractivity contribution in [1.82, 2.24) is 10.2 Å². The van der Waals surface area contributed by atoms with Crippen molar-refractivity contribution in [1.29, 1.82) is 0 Å². The van der Waals surface area contributed by atoms with E-state index in [-0.39, 0.29) is 0 Å². The minimum absolute atomic E-state index is 0.682. The maximum Gasteiger partial charge on any atom is 0.00952 e. The van der Waals surface area contributed by atoms with E-state index in [9.17, 15) is 0 Å². The lowest BCUT2D eigenvalue weighted by Gasteiger charge is -2.39. The van der Waals surface area contributed by atoms with Crippen LogP contribution in [0.25, 0.3) is 0 Å². The molecule has 1 heterocycles. The second kappa shape index (κ2) is 6.91. The van der Waals surface area contributed by atoms with Crippen LogP contribution in [0.4, 0.5) is 0 Å². The Hall–Kier alpha value is -0.0800. The van der Waals surface area contributed by atoms with Crippen LogP contribution in [0.5, 0.6) is 0 Å². The summed E-state index contributed by atoms with van der Waals surface area (Å²) in [6.45, 7) is 9.74. The lowest BCUT2D eigenvalue weighted by atomic mass is 9.83. The van der Waals surface area contributed by atoms with Crippen molar-refractivity contribution in [2.45, 2.75) is 83.8 Å². The molecule has 1 saturated carbocycles. The molecule has 2 heteroatoms. The largest absolute Gasteiger partial charge is 0.312 e. The summed E-state index contributed by atoms with van der Waals surface area (Å²) in [7, 11) is 0. The van der Waals surface area contributed by atoms with Crippen molar-refractivity contribution in [2.75, 3.05) is 13.1 Å². The average Bonchev–Trinajstić information content (AvgIpc) is 2.37. The van der Waals surface area contributed by atoms with Crippen molar-refractivity contribution in [2.24, 2.45) is 5.92 Å².